The van der Waals surface area contributed by atoms with Gasteiger partial charge in [0.05, 0.1) is 21.4 Å². The van der Waals surface area contributed by atoms with Crippen molar-refractivity contribution < 1.29 is 0 Å². The first-order chi connectivity index (χ1) is 25.3. The highest BCUT2D eigenvalue weighted by Crippen LogP contribution is 2.45. The zero-order valence-electron chi connectivity index (χ0n) is 27.8. The molecular formula is C48H32N2S. The normalized spacial score (nSPS) is 11.5. The number of nitrogens with zero attached hydrogens (tertiary/aromatic N) is 2. The maximum Gasteiger partial charge on any atom is 0.0640 e. The predicted molar refractivity (Wildman–Crippen MR) is 219 cm³/mol. The highest BCUT2D eigenvalue weighted by Gasteiger charge is 2.18. The number of anilines is 3. The molecular weight excluding hydrogens is 637 g/mol. The van der Waals surface area contributed by atoms with Crippen LogP contribution in [-0.2, 0) is 0 Å². The molecule has 3 heteroatoms. The molecule has 2 nitrogen and oxygen atoms in total. The largest absolute Gasteiger partial charge is 0.309 e. The molecule has 0 saturated heterocycles. The van der Waals surface area contributed by atoms with Gasteiger partial charge in [0.1, 0.15) is 0 Å². The number of hydrogen-bond donors (Lipinski definition) is 0. The number of fused-ring (bicyclic) bond motifs is 6. The summed E-state index contributed by atoms with van der Waals surface area (Å²) < 4.78 is 4.96. The smallest absolute Gasteiger partial charge is 0.0640 e. The molecule has 0 fully saturated rings. The molecule has 0 spiro atoms. The number of hydrogen-bond acceptors (Lipinski definition) is 2. The van der Waals surface area contributed by atoms with Gasteiger partial charge in [0, 0.05) is 43.3 Å². The molecule has 0 aliphatic heterocycles. The van der Waals surface area contributed by atoms with E-state index < -0.39 is 0 Å². The molecule has 51 heavy (non-hydrogen) atoms. The minimum atomic E-state index is 1.12. The van der Waals surface area contributed by atoms with E-state index in [1.54, 1.807) is 0 Å². The van der Waals surface area contributed by atoms with E-state index in [4.69, 9.17) is 0 Å². The Hall–Kier alpha value is -6.42. The van der Waals surface area contributed by atoms with Crippen molar-refractivity contribution in [1.29, 1.82) is 0 Å². The summed E-state index contributed by atoms with van der Waals surface area (Å²) in [7, 11) is 0. The third-order valence-corrected chi connectivity index (χ3v) is 11.2. The minimum absolute atomic E-state index is 1.12. The fraction of sp³-hybridized carbons (Fsp3) is 0. The van der Waals surface area contributed by atoms with Crippen LogP contribution in [0.15, 0.2) is 194 Å². The van der Waals surface area contributed by atoms with Crippen LogP contribution in [0.1, 0.15) is 0 Å². The van der Waals surface area contributed by atoms with E-state index in [-0.39, 0.29) is 0 Å². The molecule has 0 unspecified atom stereocenters. The average Bonchev–Trinajstić information content (AvgIpc) is 3.76. The summed E-state index contributed by atoms with van der Waals surface area (Å²) in [6, 6.07) is 70.3. The number of aromatic nitrogens is 1. The molecule has 2 heterocycles. The van der Waals surface area contributed by atoms with Crippen molar-refractivity contribution in [2.75, 3.05) is 4.90 Å². The summed E-state index contributed by atoms with van der Waals surface area (Å²) in [4.78, 5) is 2.40. The molecule has 10 aromatic rings. The van der Waals surface area contributed by atoms with Gasteiger partial charge < -0.3 is 9.47 Å². The molecule has 8 aromatic carbocycles. The SMILES string of the molecule is c1ccc(-c2ccc(N(c3ccc(-c4ccc(-n5c6ccccc6c6ccccc65)cc4)cc3)c3cccc4c3sc3ccccc34)cc2)cc1. The van der Waals surface area contributed by atoms with Crippen LogP contribution in [-0.4, -0.2) is 4.57 Å². The molecule has 0 N–H and O–H groups in total. The summed E-state index contributed by atoms with van der Waals surface area (Å²) in [6.45, 7) is 0. The van der Waals surface area contributed by atoms with Crippen LogP contribution in [0.25, 0.3) is 69.9 Å². The van der Waals surface area contributed by atoms with Crippen LogP contribution in [0.5, 0.6) is 0 Å². The lowest BCUT2D eigenvalue weighted by atomic mass is 10.0. The van der Waals surface area contributed by atoms with Crippen LogP contribution in [0.3, 0.4) is 0 Å². The Bertz CT molecular complexity index is 2770. The molecule has 0 aliphatic carbocycles. The molecule has 0 atom stereocenters. The van der Waals surface area contributed by atoms with Crippen LogP contribution in [0, 0.1) is 0 Å². The lowest BCUT2D eigenvalue weighted by Gasteiger charge is -2.26. The van der Waals surface area contributed by atoms with E-state index in [1.807, 2.05) is 11.3 Å². The first-order valence-electron chi connectivity index (χ1n) is 17.4. The summed E-state index contributed by atoms with van der Waals surface area (Å²) in [5, 5.41) is 5.15. The first kappa shape index (κ1) is 29.5. The number of rotatable bonds is 6. The number of para-hydroxylation sites is 2. The maximum absolute atomic E-state index is 2.40. The van der Waals surface area contributed by atoms with Crippen molar-refractivity contribution >= 4 is 70.4 Å². The van der Waals surface area contributed by atoms with Gasteiger partial charge in [-0.3, -0.25) is 0 Å². The van der Waals surface area contributed by atoms with Crippen molar-refractivity contribution in [3.05, 3.63) is 194 Å². The second-order valence-corrected chi connectivity index (χ2v) is 14.0. The van der Waals surface area contributed by atoms with Gasteiger partial charge in [0.25, 0.3) is 0 Å². The van der Waals surface area contributed by atoms with Gasteiger partial charge in [-0.25, -0.2) is 0 Å². The van der Waals surface area contributed by atoms with Gasteiger partial charge in [-0.15, -0.1) is 11.3 Å². The number of benzene rings is 8. The van der Waals surface area contributed by atoms with Crippen molar-refractivity contribution in [3.8, 4) is 27.9 Å². The maximum atomic E-state index is 2.40. The number of thiophene rings is 1. The van der Waals surface area contributed by atoms with Crippen molar-refractivity contribution in [3.63, 3.8) is 0 Å². The molecule has 0 amide bonds. The van der Waals surface area contributed by atoms with Crippen molar-refractivity contribution in [2.24, 2.45) is 0 Å². The van der Waals surface area contributed by atoms with Gasteiger partial charge in [-0.2, -0.15) is 0 Å². The van der Waals surface area contributed by atoms with Crippen LogP contribution in [0.2, 0.25) is 0 Å². The minimum Gasteiger partial charge on any atom is -0.309 e. The quantitative estimate of drug-likeness (QED) is 0.171. The van der Waals surface area contributed by atoms with E-state index in [0.717, 1.165) is 17.1 Å². The standard InChI is InChI=1S/C48H32N2S/c1-2-11-33(12-3-1)34-21-27-37(28-22-34)49(46-19-10-16-43-42-15-6-9-20-47(42)51-48(43)46)38-29-23-35(24-30-38)36-25-31-39(32-26-36)50-44-17-7-4-13-40(44)41-14-5-8-18-45(41)50/h1-32H. The zero-order valence-corrected chi connectivity index (χ0v) is 28.6. The van der Waals surface area contributed by atoms with E-state index >= 15 is 0 Å². The highest BCUT2D eigenvalue weighted by molar-refractivity contribution is 7.26. The molecule has 0 saturated carbocycles. The fourth-order valence-corrected chi connectivity index (χ4v) is 8.78. The predicted octanol–water partition coefficient (Wildman–Crippen LogP) is 14.0. The Kier molecular flexibility index (Phi) is 7.04. The Morgan fingerprint density at radius 3 is 1.43 bits per heavy atom. The highest BCUT2D eigenvalue weighted by atomic mass is 32.1. The average molecular weight is 669 g/mol. The molecule has 2 aromatic heterocycles. The van der Waals surface area contributed by atoms with Crippen molar-refractivity contribution in [1.82, 2.24) is 4.57 Å². The van der Waals surface area contributed by atoms with Gasteiger partial charge >= 0.3 is 0 Å². The lowest BCUT2D eigenvalue weighted by Crippen LogP contribution is -2.10. The van der Waals surface area contributed by atoms with Gasteiger partial charge in [-0.1, -0.05) is 133 Å². The monoisotopic (exact) mass is 668 g/mol. The molecule has 240 valence electrons. The van der Waals surface area contributed by atoms with E-state index in [0.29, 0.717) is 0 Å². The van der Waals surface area contributed by atoms with Crippen LogP contribution >= 0.6 is 11.3 Å². The van der Waals surface area contributed by atoms with E-state index in [9.17, 15) is 0 Å². The Morgan fingerprint density at radius 2 is 0.824 bits per heavy atom. The third kappa shape index (κ3) is 5.01. The lowest BCUT2D eigenvalue weighted by molar-refractivity contribution is 1.18. The second-order valence-electron chi connectivity index (χ2n) is 13.0. The fourth-order valence-electron chi connectivity index (χ4n) is 7.58. The summed E-state index contributed by atoms with van der Waals surface area (Å²) in [6.07, 6.45) is 0. The van der Waals surface area contributed by atoms with E-state index in [1.165, 1.54) is 69.9 Å². The zero-order chi connectivity index (χ0) is 33.7. The summed E-state index contributed by atoms with van der Waals surface area (Å²) in [5.41, 5.74) is 11.8. The second kappa shape index (κ2) is 12.2. The van der Waals surface area contributed by atoms with Gasteiger partial charge in [-0.05, 0) is 82.9 Å². The van der Waals surface area contributed by atoms with Crippen LogP contribution in [0.4, 0.5) is 17.1 Å². The molecule has 10 rings (SSSR count). The van der Waals surface area contributed by atoms with Gasteiger partial charge in [0.15, 0.2) is 0 Å². The topological polar surface area (TPSA) is 8.17 Å². The van der Waals surface area contributed by atoms with Gasteiger partial charge in [0.2, 0.25) is 0 Å². The third-order valence-electron chi connectivity index (χ3n) is 10.0. The Morgan fingerprint density at radius 1 is 0.353 bits per heavy atom. The summed E-state index contributed by atoms with van der Waals surface area (Å²) >= 11 is 1.86. The first-order valence-corrected chi connectivity index (χ1v) is 18.2. The molecule has 0 aliphatic rings. The summed E-state index contributed by atoms with van der Waals surface area (Å²) in [5.74, 6) is 0. The Balaban J connectivity index is 1.05. The van der Waals surface area contributed by atoms with E-state index in [2.05, 4.69) is 204 Å². The molecule has 0 bridgehead atoms. The molecule has 0 radical (unpaired) electrons. The van der Waals surface area contributed by atoms with Crippen molar-refractivity contribution in [2.45, 2.75) is 0 Å². The van der Waals surface area contributed by atoms with Crippen LogP contribution < -0.4 is 4.90 Å². The Labute approximate surface area is 300 Å².